The van der Waals surface area contributed by atoms with E-state index in [4.69, 9.17) is 10.2 Å². The first-order chi connectivity index (χ1) is 13.4. The van der Waals surface area contributed by atoms with Crippen LogP contribution in [0, 0.1) is 0 Å². The van der Waals surface area contributed by atoms with Crippen molar-refractivity contribution in [1.29, 1.82) is 0 Å². The fraction of sp³-hybridized carbons (Fsp3) is 0.526. The maximum absolute atomic E-state index is 10.2. The second-order valence-electron chi connectivity index (χ2n) is 7.58. The number of nitrogens with two attached hydrogens (primary N) is 1. The van der Waals surface area contributed by atoms with Crippen LogP contribution in [0.1, 0.15) is 26.7 Å². The van der Waals surface area contributed by atoms with E-state index in [1.165, 1.54) is 4.52 Å². The molecular weight excluding hydrogens is 358 g/mol. The monoisotopic (exact) mass is 385 g/mol. The van der Waals surface area contributed by atoms with Gasteiger partial charge in [-0.05, 0) is 31.9 Å². The van der Waals surface area contributed by atoms with E-state index >= 15 is 0 Å². The van der Waals surface area contributed by atoms with Crippen molar-refractivity contribution in [1.82, 2.24) is 24.5 Å². The molecule has 1 atom stereocenters. The van der Waals surface area contributed by atoms with Gasteiger partial charge in [0.15, 0.2) is 11.4 Å². The third-order valence-electron chi connectivity index (χ3n) is 5.50. The Balaban J connectivity index is 1.45. The SMILES string of the molecule is CCC(C)(O)CCN1CCN(c2cc3nc(-c4ccco4)nn3c(N)n2)CC1. The Labute approximate surface area is 163 Å². The van der Waals surface area contributed by atoms with Gasteiger partial charge in [0.2, 0.25) is 11.8 Å². The minimum atomic E-state index is -0.586. The second-order valence-corrected chi connectivity index (χ2v) is 7.58. The Morgan fingerprint density at radius 1 is 1.25 bits per heavy atom. The number of nitrogen functional groups attached to an aromatic ring is 1. The van der Waals surface area contributed by atoms with E-state index in [1.54, 1.807) is 12.3 Å². The molecule has 3 aromatic rings. The molecule has 0 aliphatic carbocycles. The molecule has 0 saturated carbocycles. The summed E-state index contributed by atoms with van der Waals surface area (Å²) in [6.45, 7) is 8.40. The first-order valence-electron chi connectivity index (χ1n) is 9.72. The highest BCUT2D eigenvalue weighted by Gasteiger charge is 2.23. The molecule has 3 N–H and O–H groups in total. The van der Waals surface area contributed by atoms with Crippen molar-refractivity contribution in [3.63, 3.8) is 0 Å². The normalized spacial score (nSPS) is 17.9. The van der Waals surface area contributed by atoms with Crippen molar-refractivity contribution in [3.05, 3.63) is 24.5 Å². The highest BCUT2D eigenvalue weighted by Crippen LogP contribution is 2.22. The van der Waals surface area contributed by atoms with Gasteiger partial charge >= 0.3 is 0 Å². The number of hydrogen-bond acceptors (Lipinski definition) is 8. The van der Waals surface area contributed by atoms with Crippen LogP contribution >= 0.6 is 0 Å². The lowest BCUT2D eigenvalue weighted by Crippen LogP contribution is -2.48. The summed E-state index contributed by atoms with van der Waals surface area (Å²) in [4.78, 5) is 13.6. The summed E-state index contributed by atoms with van der Waals surface area (Å²) in [5.74, 6) is 2.20. The van der Waals surface area contributed by atoms with E-state index in [1.807, 2.05) is 26.0 Å². The van der Waals surface area contributed by atoms with Crippen molar-refractivity contribution in [2.45, 2.75) is 32.3 Å². The second kappa shape index (κ2) is 7.40. The fourth-order valence-corrected chi connectivity index (χ4v) is 3.35. The Hall–Kier alpha value is -2.65. The average Bonchev–Trinajstić information content (AvgIpc) is 3.36. The topological polar surface area (TPSA) is 109 Å². The number of anilines is 2. The van der Waals surface area contributed by atoms with Gasteiger partial charge in [0.25, 0.3) is 0 Å². The number of aliphatic hydroxyl groups is 1. The Morgan fingerprint density at radius 3 is 2.71 bits per heavy atom. The smallest absolute Gasteiger partial charge is 0.225 e. The van der Waals surface area contributed by atoms with Crippen LogP contribution in [0.4, 0.5) is 11.8 Å². The van der Waals surface area contributed by atoms with E-state index in [-0.39, 0.29) is 0 Å². The van der Waals surface area contributed by atoms with Gasteiger partial charge in [-0.3, -0.25) is 4.90 Å². The lowest BCUT2D eigenvalue weighted by Gasteiger charge is -2.36. The Bertz CT molecular complexity index is 927. The van der Waals surface area contributed by atoms with Gasteiger partial charge in [-0.1, -0.05) is 6.92 Å². The largest absolute Gasteiger partial charge is 0.461 e. The maximum atomic E-state index is 10.2. The maximum Gasteiger partial charge on any atom is 0.225 e. The predicted molar refractivity (Wildman–Crippen MR) is 107 cm³/mol. The molecule has 1 fully saturated rings. The highest BCUT2D eigenvalue weighted by atomic mass is 16.3. The first-order valence-corrected chi connectivity index (χ1v) is 9.72. The molecule has 1 unspecified atom stereocenters. The van der Waals surface area contributed by atoms with E-state index < -0.39 is 5.60 Å². The van der Waals surface area contributed by atoms with Gasteiger partial charge in [-0.15, -0.1) is 5.10 Å². The number of rotatable bonds is 6. The molecule has 4 rings (SSSR count). The number of fused-ring (bicyclic) bond motifs is 1. The standard InChI is InChI=1S/C19H27N7O2/c1-3-19(2,27)6-7-24-8-10-25(11-9-24)15-13-16-21-17(14-5-4-12-28-14)23-26(16)18(20)22-15/h4-5,12-13,27H,3,6-11H2,1-2H3,(H2,20,22). The Morgan fingerprint density at radius 2 is 2.04 bits per heavy atom. The molecular formula is C19H27N7O2. The van der Waals surface area contributed by atoms with Gasteiger partial charge in [0.05, 0.1) is 11.9 Å². The summed E-state index contributed by atoms with van der Waals surface area (Å²) in [6, 6.07) is 5.52. The number of nitrogens with zero attached hydrogens (tertiary/aromatic N) is 6. The highest BCUT2D eigenvalue weighted by molar-refractivity contribution is 5.59. The van der Waals surface area contributed by atoms with Gasteiger partial charge in [-0.25, -0.2) is 4.98 Å². The molecule has 150 valence electrons. The van der Waals surface area contributed by atoms with Crippen molar-refractivity contribution in [2.75, 3.05) is 43.4 Å². The van der Waals surface area contributed by atoms with Crippen LogP contribution in [0.25, 0.3) is 17.2 Å². The molecule has 9 heteroatoms. The third-order valence-corrected chi connectivity index (χ3v) is 5.50. The summed E-state index contributed by atoms with van der Waals surface area (Å²) in [5, 5.41) is 14.6. The van der Waals surface area contributed by atoms with Crippen LogP contribution in [0.2, 0.25) is 0 Å². The predicted octanol–water partition coefficient (Wildman–Crippen LogP) is 1.64. The van der Waals surface area contributed by atoms with Crippen LogP contribution in [-0.4, -0.2) is 67.9 Å². The van der Waals surface area contributed by atoms with Crippen LogP contribution < -0.4 is 10.6 Å². The van der Waals surface area contributed by atoms with E-state index in [0.29, 0.717) is 23.2 Å². The van der Waals surface area contributed by atoms with E-state index in [9.17, 15) is 5.11 Å². The molecule has 0 amide bonds. The molecule has 0 aromatic carbocycles. The lowest BCUT2D eigenvalue weighted by atomic mass is 9.99. The van der Waals surface area contributed by atoms with Crippen LogP contribution in [0.15, 0.2) is 28.9 Å². The zero-order valence-corrected chi connectivity index (χ0v) is 16.4. The number of hydrogen-bond donors (Lipinski definition) is 2. The molecule has 0 bridgehead atoms. The summed E-state index contributed by atoms with van der Waals surface area (Å²) in [7, 11) is 0. The van der Waals surface area contributed by atoms with Crippen molar-refractivity contribution in [3.8, 4) is 11.6 Å². The van der Waals surface area contributed by atoms with Gasteiger partial charge in [-0.2, -0.15) is 9.50 Å². The van der Waals surface area contributed by atoms with E-state index in [0.717, 1.165) is 51.4 Å². The molecule has 3 aromatic heterocycles. The quantitative estimate of drug-likeness (QED) is 0.659. The van der Waals surface area contributed by atoms with Gasteiger partial charge in [0, 0.05) is 38.8 Å². The zero-order chi connectivity index (χ0) is 19.7. The minimum Gasteiger partial charge on any atom is -0.461 e. The molecule has 28 heavy (non-hydrogen) atoms. The van der Waals surface area contributed by atoms with Crippen LogP contribution in [0.5, 0.6) is 0 Å². The molecule has 1 aliphatic rings. The number of furan rings is 1. The summed E-state index contributed by atoms with van der Waals surface area (Å²) >= 11 is 0. The van der Waals surface area contributed by atoms with Crippen molar-refractivity contribution < 1.29 is 9.52 Å². The summed E-state index contributed by atoms with van der Waals surface area (Å²) < 4.78 is 6.90. The van der Waals surface area contributed by atoms with Crippen LogP contribution in [0.3, 0.4) is 0 Å². The number of piperazine rings is 1. The number of aromatic nitrogens is 4. The first kappa shape index (κ1) is 18.7. The van der Waals surface area contributed by atoms with Crippen molar-refractivity contribution in [2.24, 2.45) is 0 Å². The molecule has 4 heterocycles. The van der Waals surface area contributed by atoms with E-state index in [2.05, 4.69) is 24.9 Å². The third kappa shape index (κ3) is 3.81. The molecule has 0 radical (unpaired) electrons. The van der Waals surface area contributed by atoms with Crippen LogP contribution in [-0.2, 0) is 0 Å². The molecule has 1 aliphatic heterocycles. The summed E-state index contributed by atoms with van der Waals surface area (Å²) in [5.41, 5.74) is 6.19. The van der Waals surface area contributed by atoms with Crippen molar-refractivity contribution >= 4 is 17.4 Å². The minimum absolute atomic E-state index is 0.305. The average molecular weight is 385 g/mol. The molecule has 1 saturated heterocycles. The molecule has 0 spiro atoms. The molecule has 9 nitrogen and oxygen atoms in total. The lowest BCUT2D eigenvalue weighted by molar-refractivity contribution is 0.0350. The van der Waals surface area contributed by atoms with Gasteiger partial charge in [0.1, 0.15) is 5.82 Å². The Kier molecular flexibility index (Phi) is 4.94. The zero-order valence-electron chi connectivity index (χ0n) is 16.4. The fourth-order valence-electron chi connectivity index (χ4n) is 3.35. The van der Waals surface area contributed by atoms with Gasteiger partial charge < -0.3 is 20.2 Å². The summed E-state index contributed by atoms with van der Waals surface area (Å²) in [6.07, 6.45) is 3.15.